The van der Waals surface area contributed by atoms with Gasteiger partial charge in [-0.05, 0) is 0 Å². The average molecular weight is 427 g/mol. The van der Waals surface area contributed by atoms with Crippen molar-refractivity contribution in [1.82, 2.24) is 10.6 Å². The van der Waals surface area contributed by atoms with Gasteiger partial charge in [0.05, 0.1) is 6.04 Å². The minimum atomic E-state index is -3.28. The minimum absolute atomic E-state index is 0.0529. The summed E-state index contributed by atoms with van der Waals surface area (Å²) >= 11 is -1.40. The van der Waals surface area contributed by atoms with E-state index >= 15 is 0 Å². The summed E-state index contributed by atoms with van der Waals surface area (Å²) in [5.74, 6) is 0.898. The van der Waals surface area contributed by atoms with E-state index in [1.54, 1.807) is 24.3 Å². The number of carbonyl (C=O) groups excluding carboxylic acids is 2. The molecule has 7 nitrogen and oxygen atoms in total. The van der Waals surface area contributed by atoms with E-state index in [1.807, 2.05) is 11.8 Å². The maximum atomic E-state index is 12.0. The van der Waals surface area contributed by atoms with Crippen LogP contribution in [0.2, 0.25) is 0 Å². The Morgan fingerprint density at radius 3 is 2.76 bits per heavy atom. The fourth-order valence-electron chi connectivity index (χ4n) is 3.19. The summed E-state index contributed by atoms with van der Waals surface area (Å²) < 4.78 is 20.6. The Hall–Kier alpha value is -1.37. The van der Waals surface area contributed by atoms with Gasteiger partial charge in [0.25, 0.3) is 0 Å². The molecule has 4 atom stereocenters. The molecule has 2 fully saturated rings. The third-order valence-corrected chi connectivity index (χ3v) is 7.74. The Bertz CT molecular complexity index is 670. The number of unbranched alkanes of at least 4 members (excludes halogenated alkanes) is 1. The zero-order valence-corrected chi connectivity index (χ0v) is 16.6. The van der Waals surface area contributed by atoms with Crippen LogP contribution in [-0.2, 0) is 8.53 Å². The summed E-state index contributed by atoms with van der Waals surface area (Å²) in [6.07, 6.45) is 3.17. The van der Waals surface area contributed by atoms with Gasteiger partial charge in [-0.25, -0.2) is 4.79 Å². The summed E-state index contributed by atoms with van der Waals surface area (Å²) in [5, 5.41) is 9.12. The van der Waals surface area contributed by atoms with Gasteiger partial charge in [0.15, 0.2) is 0 Å². The van der Waals surface area contributed by atoms with Crippen molar-refractivity contribution in [2.24, 2.45) is 0 Å². The van der Waals surface area contributed by atoms with Crippen molar-refractivity contribution in [3.8, 4) is 0 Å². The summed E-state index contributed by atoms with van der Waals surface area (Å²) in [6, 6.07) is 6.85. The Labute approximate surface area is 155 Å². The molecule has 1 unspecified atom stereocenters. The zero-order chi connectivity index (χ0) is 17.8. The molecular weight excluding hydrogens is 405 g/mol. The number of fused-ring (bicyclic) bond motifs is 1. The van der Waals surface area contributed by atoms with Crippen LogP contribution in [0.15, 0.2) is 24.3 Å². The van der Waals surface area contributed by atoms with Crippen LogP contribution in [-0.4, -0.2) is 54.1 Å². The van der Waals surface area contributed by atoms with E-state index in [-0.39, 0.29) is 24.0 Å². The summed E-state index contributed by atoms with van der Waals surface area (Å²) in [7, 11) is 0. The van der Waals surface area contributed by atoms with Crippen LogP contribution >= 0.6 is 11.8 Å². The van der Waals surface area contributed by atoms with Gasteiger partial charge in [0, 0.05) is 5.75 Å². The molecule has 2 saturated heterocycles. The van der Waals surface area contributed by atoms with Gasteiger partial charge >= 0.3 is 128 Å². The molecule has 3 amide bonds. The van der Waals surface area contributed by atoms with E-state index in [1.165, 1.54) is 0 Å². The summed E-state index contributed by atoms with van der Waals surface area (Å²) in [5.41, 5.74) is 0.641. The van der Waals surface area contributed by atoms with E-state index in [2.05, 4.69) is 16.0 Å². The number of carbonyl (C=O) groups is 2. The first-order chi connectivity index (χ1) is 12.0. The second-order valence-corrected chi connectivity index (χ2v) is 10.1. The van der Waals surface area contributed by atoms with Crippen LogP contribution in [0.5, 0.6) is 0 Å². The van der Waals surface area contributed by atoms with Crippen molar-refractivity contribution >= 4 is 48.7 Å². The van der Waals surface area contributed by atoms with Gasteiger partial charge < -0.3 is 10.6 Å². The fourth-order valence-corrected chi connectivity index (χ4v) is 5.69. The van der Waals surface area contributed by atoms with Crippen molar-refractivity contribution in [3.63, 3.8) is 0 Å². The molecule has 0 aliphatic carbocycles. The molecule has 1 aromatic rings. The number of amides is 3. The molecule has 0 radical (unpaired) electrons. The number of hydrogen-bond donors (Lipinski definition) is 4. The molecule has 0 aromatic heterocycles. The normalized spacial score (nSPS) is 25.8. The third kappa shape index (κ3) is 4.83. The van der Waals surface area contributed by atoms with Gasteiger partial charge in [-0.2, -0.15) is 0 Å². The van der Waals surface area contributed by atoms with E-state index in [0.717, 1.165) is 25.0 Å². The summed E-state index contributed by atoms with van der Waals surface area (Å²) in [6.45, 7) is 0. The Morgan fingerprint density at radius 1 is 1.28 bits per heavy atom. The third-order valence-electron chi connectivity index (χ3n) is 4.50. The SMILES string of the molecule is O=C(CCCC[C@@H]1SC[C@@H]2NC(=O)N[C@@H]21)Nc1ccc([AsH](=O)O)cc1. The van der Waals surface area contributed by atoms with Gasteiger partial charge in [-0.3, -0.25) is 0 Å². The molecule has 25 heavy (non-hydrogen) atoms. The van der Waals surface area contributed by atoms with Crippen LogP contribution in [0.1, 0.15) is 25.7 Å². The van der Waals surface area contributed by atoms with Crippen molar-refractivity contribution in [2.75, 3.05) is 11.1 Å². The molecule has 4 N–H and O–H groups in total. The van der Waals surface area contributed by atoms with Crippen LogP contribution < -0.4 is 20.3 Å². The maximum absolute atomic E-state index is 12.0. The van der Waals surface area contributed by atoms with Gasteiger partial charge in [0.2, 0.25) is 0 Å². The average Bonchev–Trinajstić information content (AvgIpc) is 3.11. The van der Waals surface area contributed by atoms with Gasteiger partial charge in [-0.1, -0.05) is 0 Å². The van der Waals surface area contributed by atoms with Crippen molar-refractivity contribution in [1.29, 1.82) is 0 Å². The Kier molecular flexibility index (Phi) is 6.14. The molecule has 0 saturated carbocycles. The molecule has 9 heteroatoms. The molecule has 2 aliphatic rings. The molecule has 136 valence electrons. The first kappa shape index (κ1) is 18.4. The molecule has 3 rings (SSSR count). The number of anilines is 1. The van der Waals surface area contributed by atoms with E-state index in [9.17, 15) is 13.3 Å². The predicted molar refractivity (Wildman–Crippen MR) is 98.7 cm³/mol. The quantitative estimate of drug-likeness (QED) is 0.283. The van der Waals surface area contributed by atoms with Gasteiger partial charge in [0.1, 0.15) is 0 Å². The number of thioether (sulfide) groups is 1. The van der Waals surface area contributed by atoms with Crippen molar-refractivity contribution < 1.29 is 17.4 Å². The molecular formula is C16H22AsN3O4S. The molecule has 2 heterocycles. The number of benzene rings is 1. The molecule has 0 bridgehead atoms. The topological polar surface area (TPSA) is 108 Å². The fraction of sp³-hybridized carbons (Fsp3) is 0.500. The standard InChI is InChI=1S/C16H22AsN3O4S/c21-14(18-11-7-5-10(6-8-11)17(23)24)4-2-1-3-13-15-12(9-25-13)19-16(22)20-15/h5-8,12-13,15,17H,1-4,9H2,(H,18,21)(H,23,24)(H2,19,20,22)/t12-,13-,15-/m0/s1. The summed E-state index contributed by atoms with van der Waals surface area (Å²) in [4.78, 5) is 23.3. The van der Waals surface area contributed by atoms with Crippen LogP contribution in [0.25, 0.3) is 0 Å². The van der Waals surface area contributed by atoms with E-state index in [4.69, 9.17) is 4.10 Å². The molecule has 2 aliphatic heterocycles. The van der Waals surface area contributed by atoms with Crippen LogP contribution in [0, 0.1) is 0 Å². The zero-order valence-electron chi connectivity index (χ0n) is 13.7. The predicted octanol–water partition coefficient (Wildman–Crippen LogP) is 0.201. The van der Waals surface area contributed by atoms with Crippen molar-refractivity contribution in [2.45, 2.75) is 43.0 Å². The number of nitrogens with one attached hydrogen (secondary N) is 3. The number of rotatable bonds is 7. The van der Waals surface area contributed by atoms with Crippen LogP contribution in [0.3, 0.4) is 0 Å². The number of urea groups is 1. The Morgan fingerprint density at radius 2 is 2.04 bits per heavy atom. The first-order valence-corrected chi connectivity index (χ1v) is 12.2. The van der Waals surface area contributed by atoms with Crippen molar-refractivity contribution in [3.05, 3.63) is 24.3 Å². The van der Waals surface area contributed by atoms with E-state index in [0.29, 0.717) is 21.7 Å². The second kappa shape index (κ2) is 8.34. The number of hydrogen-bond acceptors (Lipinski definition) is 4. The molecule has 1 aromatic carbocycles. The molecule has 0 spiro atoms. The first-order valence-electron chi connectivity index (χ1n) is 8.35. The van der Waals surface area contributed by atoms with E-state index < -0.39 is 14.9 Å². The monoisotopic (exact) mass is 427 g/mol. The van der Waals surface area contributed by atoms with Gasteiger partial charge in [-0.15, -0.1) is 0 Å². The second-order valence-electron chi connectivity index (χ2n) is 6.30. The Balaban J connectivity index is 1.35. The van der Waals surface area contributed by atoms with Crippen LogP contribution in [0.4, 0.5) is 10.5 Å².